The lowest BCUT2D eigenvalue weighted by atomic mass is 9.77. The molecule has 4 rings (SSSR count). The van der Waals surface area contributed by atoms with E-state index in [1.54, 1.807) is 18.2 Å². The molecule has 2 aromatic rings. The average Bonchev–Trinajstić information content (AvgIpc) is 2.99. The first kappa shape index (κ1) is 14.1. The van der Waals surface area contributed by atoms with E-state index in [0.717, 1.165) is 23.2 Å². The molecule has 1 aliphatic heterocycles. The molecular weight excluding hydrogens is 320 g/mol. The zero-order valence-corrected chi connectivity index (χ0v) is 13.2. The van der Waals surface area contributed by atoms with Crippen molar-refractivity contribution in [2.45, 2.75) is 18.4 Å². The molecule has 3 unspecified atom stereocenters. The number of hydrogen-bond donors (Lipinski definition) is 1. The van der Waals surface area contributed by atoms with Crippen LogP contribution in [-0.2, 0) is 0 Å². The van der Waals surface area contributed by atoms with Crippen molar-refractivity contribution in [2.24, 2.45) is 5.92 Å². The predicted molar refractivity (Wildman–Crippen MR) is 89.2 cm³/mol. The number of benzene rings is 2. The predicted octanol–water partition coefficient (Wildman–Crippen LogP) is 5.96. The molecule has 1 nitrogen and oxygen atoms in total. The maximum absolute atomic E-state index is 13.6. The molecule has 1 aliphatic carbocycles. The highest BCUT2D eigenvalue weighted by molar-refractivity contribution is 6.42. The molecule has 0 amide bonds. The Morgan fingerprint density at radius 3 is 2.82 bits per heavy atom. The SMILES string of the molecule is Fc1ccc2c(c1)C1C=CCC1C(c1cccc(Cl)c1Cl)N2. The van der Waals surface area contributed by atoms with Gasteiger partial charge in [0.2, 0.25) is 0 Å². The Bertz CT molecular complexity index is 772. The molecule has 0 aromatic heterocycles. The summed E-state index contributed by atoms with van der Waals surface area (Å²) in [6.45, 7) is 0. The van der Waals surface area contributed by atoms with E-state index in [-0.39, 0.29) is 17.8 Å². The number of nitrogens with one attached hydrogen (secondary N) is 1. The van der Waals surface area contributed by atoms with Crippen LogP contribution in [0.15, 0.2) is 48.6 Å². The van der Waals surface area contributed by atoms with Gasteiger partial charge in [-0.25, -0.2) is 4.39 Å². The molecular formula is C18H14Cl2FN. The van der Waals surface area contributed by atoms with Crippen LogP contribution in [-0.4, -0.2) is 0 Å². The van der Waals surface area contributed by atoms with Gasteiger partial charge in [0.25, 0.3) is 0 Å². The topological polar surface area (TPSA) is 12.0 Å². The largest absolute Gasteiger partial charge is 0.378 e. The first-order valence-electron chi connectivity index (χ1n) is 7.31. The van der Waals surface area contributed by atoms with Gasteiger partial charge in [-0.1, -0.05) is 47.5 Å². The van der Waals surface area contributed by atoms with Gasteiger partial charge in [-0.05, 0) is 47.7 Å². The van der Waals surface area contributed by atoms with Gasteiger partial charge in [0.1, 0.15) is 5.82 Å². The maximum atomic E-state index is 13.6. The zero-order valence-electron chi connectivity index (χ0n) is 11.7. The number of allylic oxidation sites excluding steroid dienone is 2. The summed E-state index contributed by atoms with van der Waals surface area (Å²) in [5.41, 5.74) is 2.99. The molecule has 3 atom stereocenters. The normalized spacial score (nSPS) is 25.5. The van der Waals surface area contributed by atoms with Crippen molar-refractivity contribution in [2.75, 3.05) is 5.32 Å². The van der Waals surface area contributed by atoms with Crippen molar-refractivity contribution in [1.82, 2.24) is 0 Å². The summed E-state index contributed by atoms with van der Waals surface area (Å²) in [5, 5.41) is 4.69. The van der Waals surface area contributed by atoms with Gasteiger partial charge in [-0.3, -0.25) is 0 Å². The fourth-order valence-electron chi connectivity index (χ4n) is 3.63. The van der Waals surface area contributed by atoms with Gasteiger partial charge in [-0.15, -0.1) is 0 Å². The number of fused-ring (bicyclic) bond motifs is 3. The molecule has 0 fully saturated rings. The number of halogens is 3. The van der Waals surface area contributed by atoms with Crippen LogP contribution in [0.4, 0.5) is 10.1 Å². The van der Waals surface area contributed by atoms with E-state index >= 15 is 0 Å². The van der Waals surface area contributed by atoms with Crippen LogP contribution in [0, 0.1) is 11.7 Å². The Morgan fingerprint density at radius 2 is 1.95 bits per heavy atom. The maximum Gasteiger partial charge on any atom is 0.123 e. The van der Waals surface area contributed by atoms with Gasteiger partial charge < -0.3 is 5.32 Å². The molecule has 0 bridgehead atoms. The van der Waals surface area contributed by atoms with Crippen molar-refractivity contribution >= 4 is 28.9 Å². The van der Waals surface area contributed by atoms with Crippen molar-refractivity contribution in [3.8, 4) is 0 Å². The highest BCUT2D eigenvalue weighted by Gasteiger charge is 2.38. The molecule has 2 aliphatic rings. The second-order valence-electron chi connectivity index (χ2n) is 5.85. The highest BCUT2D eigenvalue weighted by atomic mass is 35.5. The molecule has 22 heavy (non-hydrogen) atoms. The molecule has 0 saturated heterocycles. The third kappa shape index (κ3) is 2.13. The Morgan fingerprint density at radius 1 is 1.09 bits per heavy atom. The van der Waals surface area contributed by atoms with E-state index in [9.17, 15) is 4.39 Å². The molecule has 2 aromatic carbocycles. The van der Waals surface area contributed by atoms with Crippen LogP contribution in [0.3, 0.4) is 0 Å². The van der Waals surface area contributed by atoms with Crippen molar-refractivity contribution in [1.29, 1.82) is 0 Å². The lowest BCUT2D eigenvalue weighted by Crippen LogP contribution is -2.29. The van der Waals surface area contributed by atoms with E-state index < -0.39 is 0 Å². The van der Waals surface area contributed by atoms with E-state index in [2.05, 4.69) is 17.5 Å². The summed E-state index contributed by atoms with van der Waals surface area (Å²) in [6.07, 6.45) is 5.29. The summed E-state index contributed by atoms with van der Waals surface area (Å²) in [6, 6.07) is 10.7. The van der Waals surface area contributed by atoms with Gasteiger partial charge in [0, 0.05) is 11.6 Å². The Balaban J connectivity index is 1.83. The zero-order chi connectivity index (χ0) is 15.3. The fourth-order valence-corrected chi connectivity index (χ4v) is 4.06. The van der Waals surface area contributed by atoms with Crippen LogP contribution in [0.5, 0.6) is 0 Å². The summed E-state index contributed by atoms with van der Waals surface area (Å²) < 4.78 is 13.6. The minimum absolute atomic E-state index is 0.0733. The average molecular weight is 334 g/mol. The number of anilines is 1. The Kier molecular flexibility index (Phi) is 3.39. The summed E-state index contributed by atoms with van der Waals surface area (Å²) >= 11 is 12.6. The fraction of sp³-hybridized carbons (Fsp3) is 0.222. The van der Waals surface area contributed by atoms with E-state index in [1.807, 2.05) is 12.1 Å². The lowest BCUT2D eigenvalue weighted by molar-refractivity contribution is 0.424. The van der Waals surface area contributed by atoms with E-state index in [0.29, 0.717) is 16.0 Å². The summed E-state index contributed by atoms with van der Waals surface area (Å²) in [7, 11) is 0. The molecule has 1 heterocycles. The minimum atomic E-state index is -0.196. The lowest BCUT2D eigenvalue weighted by Gasteiger charge is -2.38. The third-order valence-electron chi connectivity index (χ3n) is 4.64. The first-order valence-corrected chi connectivity index (χ1v) is 8.07. The molecule has 112 valence electrons. The molecule has 0 spiro atoms. The number of hydrogen-bond acceptors (Lipinski definition) is 1. The highest BCUT2D eigenvalue weighted by Crippen LogP contribution is 2.51. The van der Waals surface area contributed by atoms with Gasteiger partial charge in [0.05, 0.1) is 16.1 Å². The van der Waals surface area contributed by atoms with Crippen LogP contribution in [0.1, 0.15) is 29.5 Å². The van der Waals surface area contributed by atoms with Crippen LogP contribution < -0.4 is 5.32 Å². The van der Waals surface area contributed by atoms with E-state index in [1.165, 1.54) is 6.07 Å². The van der Waals surface area contributed by atoms with Gasteiger partial charge in [-0.2, -0.15) is 0 Å². The Labute approximate surface area is 138 Å². The third-order valence-corrected chi connectivity index (χ3v) is 5.47. The standard InChI is InChI=1S/C18H14Cl2FN/c19-15-6-2-5-13(17(15)20)18-12-4-1-3-11(12)14-9-10(21)7-8-16(14)22-18/h1-3,5-9,11-12,18,22H,4H2. The van der Waals surface area contributed by atoms with Gasteiger partial charge in [0.15, 0.2) is 0 Å². The van der Waals surface area contributed by atoms with Crippen molar-refractivity contribution in [3.05, 3.63) is 75.5 Å². The van der Waals surface area contributed by atoms with Crippen LogP contribution >= 0.6 is 23.2 Å². The second-order valence-corrected chi connectivity index (χ2v) is 6.64. The quantitative estimate of drug-likeness (QED) is 0.635. The van der Waals surface area contributed by atoms with Crippen LogP contribution in [0.2, 0.25) is 10.0 Å². The van der Waals surface area contributed by atoms with Gasteiger partial charge >= 0.3 is 0 Å². The molecule has 0 saturated carbocycles. The number of rotatable bonds is 1. The molecule has 4 heteroatoms. The molecule has 1 N–H and O–H groups in total. The molecule has 0 radical (unpaired) electrons. The van der Waals surface area contributed by atoms with E-state index in [4.69, 9.17) is 23.2 Å². The monoisotopic (exact) mass is 333 g/mol. The first-order chi connectivity index (χ1) is 10.6. The smallest absolute Gasteiger partial charge is 0.123 e. The van der Waals surface area contributed by atoms with Crippen molar-refractivity contribution < 1.29 is 4.39 Å². The summed E-state index contributed by atoms with van der Waals surface area (Å²) in [5.74, 6) is 0.344. The summed E-state index contributed by atoms with van der Waals surface area (Å²) in [4.78, 5) is 0. The van der Waals surface area contributed by atoms with Crippen LogP contribution in [0.25, 0.3) is 0 Å². The minimum Gasteiger partial charge on any atom is -0.378 e. The Hall–Kier alpha value is -1.51. The van der Waals surface area contributed by atoms with Crippen molar-refractivity contribution in [3.63, 3.8) is 0 Å². The second kappa shape index (κ2) is 5.29.